The SMILES string of the molecule is COc1cc2c(c3c1c(=O)c1cccc(O)c1n3C)C=CC(C)(C)O2. The maximum absolute atomic E-state index is 13.1. The molecule has 5 heteroatoms. The lowest BCUT2D eigenvalue weighted by Gasteiger charge is -2.29. The van der Waals surface area contributed by atoms with Gasteiger partial charge in [0.2, 0.25) is 5.43 Å². The third-order valence-corrected chi connectivity index (χ3v) is 4.67. The van der Waals surface area contributed by atoms with Gasteiger partial charge in [-0.2, -0.15) is 0 Å². The molecule has 1 aliphatic heterocycles. The topological polar surface area (TPSA) is 60.7 Å². The van der Waals surface area contributed by atoms with E-state index in [0.29, 0.717) is 33.3 Å². The Hall–Kier alpha value is -2.95. The Labute approximate surface area is 144 Å². The maximum atomic E-state index is 13.1. The lowest BCUT2D eigenvalue weighted by atomic mass is 9.98. The van der Waals surface area contributed by atoms with Crippen LogP contribution in [0, 0.1) is 0 Å². The molecule has 25 heavy (non-hydrogen) atoms. The van der Waals surface area contributed by atoms with Crippen molar-refractivity contribution in [2.45, 2.75) is 19.4 Å². The highest BCUT2D eigenvalue weighted by Crippen LogP contribution is 2.41. The smallest absolute Gasteiger partial charge is 0.201 e. The minimum Gasteiger partial charge on any atom is -0.506 e. The molecule has 0 radical (unpaired) electrons. The van der Waals surface area contributed by atoms with Crippen molar-refractivity contribution in [3.8, 4) is 17.2 Å². The molecular formula is C20H19NO4. The summed E-state index contributed by atoms with van der Waals surface area (Å²) in [6.45, 7) is 3.93. The first-order valence-corrected chi connectivity index (χ1v) is 8.07. The summed E-state index contributed by atoms with van der Waals surface area (Å²) in [5.41, 5.74) is 1.37. The Kier molecular flexibility index (Phi) is 3.13. The summed E-state index contributed by atoms with van der Waals surface area (Å²) in [4.78, 5) is 13.1. The number of phenolic OH excluding ortho intramolecular Hbond substituents is 1. The Balaban J connectivity index is 2.29. The van der Waals surface area contributed by atoms with E-state index < -0.39 is 5.60 Å². The summed E-state index contributed by atoms with van der Waals surface area (Å²) < 4.78 is 13.4. The largest absolute Gasteiger partial charge is 0.506 e. The van der Waals surface area contributed by atoms with E-state index in [1.54, 1.807) is 24.3 Å². The fourth-order valence-corrected chi connectivity index (χ4v) is 3.53. The summed E-state index contributed by atoms with van der Waals surface area (Å²) >= 11 is 0. The number of aryl methyl sites for hydroxylation is 1. The standard InChI is InChI=1S/C20H19NO4/c1-20(2)9-8-11-14(25-20)10-15(24-4)16-18(11)21(3)17-12(19(16)23)6-5-7-13(17)22/h5-10,22H,1-4H3. The number of aromatic nitrogens is 1. The van der Waals surface area contributed by atoms with Crippen molar-refractivity contribution in [2.75, 3.05) is 7.11 Å². The number of para-hydroxylation sites is 1. The van der Waals surface area contributed by atoms with E-state index in [4.69, 9.17) is 9.47 Å². The minimum absolute atomic E-state index is 0.0663. The molecule has 1 N–H and O–H groups in total. The molecule has 0 bridgehead atoms. The normalized spacial score (nSPS) is 15.2. The molecule has 4 rings (SSSR count). The molecule has 0 aliphatic carbocycles. The summed E-state index contributed by atoms with van der Waals surface area (Å²) in [6.07, 6.45) is 3.92. The van der Waals surface area contributed by atoms with Gasteiger partial charge in [0.05, 0.1) is 28.9 Å². The van der Waals surface area contributed by atoms with Gasteiger partial charge in [-0.3, -0.25) is 4.79 Å². The summed E-state index contributed by atoms with van der Waals surface area (Å²) in [5, 5.41) is 11.2. The highest BCUT2D eigenvalue weighted by molar-refractivity contribution is 6.03. The molecular weight excluding hydrogens is 318 g/mol. The van der Waals surface area contributed by atoms with Crippen LogP contribution in [-0.2, 0) is 7.05 Å². The molecule has 128 valence electrons. The van der Waals surface area contributed by atoms with Crippen LogP contribution in [0.3, 0.4) is 0 Å². The highest BCUT2D eigenvalue weighted by atomic mass is 16.5. The first-order valence-electron chi connectivity index (χ1n) is 8.07. The van der Waals surface area contributed by atoms with Crippen molar-refractivity contribution in [1.29, 1.82) is 0 Å². The number of phenols is 1. The van der Waals surface area contributed by atoms with Gasteiger partial charge in [-0.1, -0.05) is 6.07 Å². The van der Waals surface area contributed by atoms with Gasteiger partial charge in [-0.05, 0) is 38.1 Å². The number of hydrogen-bond acceptors (Lipinski definition) is 4. The van der Waals surface area contributed by atoms with Crippen LogP contribution < -0.4 is 14.9 Å². The van der Waals surface area contributed by atoms with Crippen molar-refractivity contribution in [3.63, 3.8) is 0 Å². The zero-order valence-corrected chi connectivity index (χ0v) is 14.6. The number of aromatic hydroxyl groups is 1. The second-order valence-electron chi connectivity index (χ2n) is 6.81. The second-order valence-corrected chi connectivity index (χ2v) is 6.81. The van der Waals surface area contributed by atoms with E-state index in [0.717, 1.165) is 5.56 Å². The number of hydrogen-bond donors (Lipinski definition) is 1. The Morgan fingerprint density at radius 2 is 2.00 bits per heavy atom. The van der Waals surface area contributed by atoms with Gasteiger partial charge in [0.15, 0.2) is 0 Å². The third-order valence-electron chi connectivity index (χ3n) is 4.67. The van der Waals surface area contributed by atoms with E-state index in [1.165, 1.54) is 7.11 Å². The number of rotatable bonds is 1. The monoisotopic (exact) mass is 337 g/mol. The maximum Gasteiger partial charge on any atom is 0.201 e. The first-order chi connectivity index (χ1) is 11.8. The molecule has 1 aliphatic rings. The molecule has 0 fully saturated rings. The Morgan fingerprint density at radius 3 is 2.72 bits per heavy atom. The van der Waals surface area contributed by atoms with Crippen LogP contribution in [0.15, 0.2) is 35.1 Å². The lowest BCUT2D eigenvalue weighted by molar-refractivity contribution is 0.159. The van der Waals surface area contributed by atoms with Gasteiger partial charge < -0.3 is 19.1 Å². The molecule has 2 aromatic carbocycles. The van der Waals surface area contributed by atoms with Gasteiger partial charge in [0.1, 0.15) is 22.8 Å². The van der Waals surface area contributed by atoms with Crippen molar-refractivity contribution in [2.24, 2.45) is 7.05 Å². The van der Waals surface area contributed by atoms with Crippen LogP contribution in [0.25, 0.3) is 27.9 Å². The molecule has 0 spiro atoms. The predicted octanol–water partition coefficient (Wildman–Crippen LogP) is 3.59. The molecule has 1 aromatic heterocycles. The quantitative estimate of drug-likeness (QED) is 0.689. The number of fused-ring (bicyclic) bond motifs is 4. The first kappa shape index (κ1) is 15.6. The molecule has 2 heterocycles. The van der Waals surface area contributed by atoms with Crippen LogP contribution in [0.2, 0.25) is 0 Å². The van der Waals surface area contributed by atoms with E-state index in [2.05, 4.69) is 0 Å². The van der Waals surface area contributed by atoms with E-state index in [-0.39, 0.29) is 11.2 Å². The fourth-order valence-electron chi connectivity index (χ4n) is 3.53. The van der Waals surface area contributed by atoms with E-state index >= 15 is 0 Å². The number of methoxy groups -OCH3 is 1. The predicted molar refractivity (Wildman–Crippen MR) is 98.7 cm³/mol. The van der Waals surface area contributed by atoms with Gasteiger partial charge in [0.25, 0.3) is 0 Å². The summed E-state index contributed by atoms with van der Waals surface area (Å²) in [7, 11) is 3.37. The van der Waals surface area contributed by atoms with Crippen LogP contribution in [0.5, 0.6) is 17.2 Å². The molecule has 0 saturated heterocycles. The van der Waals surface area contributed by atoms with Gasteiger partial charge >= 0.3 is 0 Å². The van der Waals surface area contributed by atoms with Gasteiger partial charge in [0, 0.05) is 18.7 Å². The summed E-state index contributed by atoms with van der Waals surface area (Å²) in [5.74, 6) is 1.18. The van der Waals surface area contributed by atoms with Crippen molar-refractivity contribution in [3.05, 3.63) is 46.1 Å². The van der Waals surface area contributed by atoms with E-state index in [1.807, 2.05) is 37.6 Å². The van der Waals surface area contributed by atoms with Gasteiger partial charge in [-0.25, -0.2) is 0 Å². The minimum atomic E-state index is -0.441. The molecule has 0 amide bonds. The number of nitrogens with zero attached hydrogens (tertiary/aromatic N) is 1. The van der Waals surface area contributed by atoms with Crippen LogP contribution in [0.1, 0.15) is 19.4 Å². The highest BCUT2D eigenvalue weighted by Gasteiger charge is 2.27. The number of benzene rings is 2. The second kappa shape index (κ2) is 5.02. The number of pyridine rings is 1. The molecule has 5 nitrogen and oxygen atoms in total. The van der Waals surface area contributed by atoms with E-state index in [9.17, 15) is 9.90 Å². The Morgan fingerprint density at radius 1 is 1.24 bits per heavy atom. The Bertz CT molecular complexity index is 1120. The number of ether oxygens (including phenoxy) is 2. The average Bonchev–Trinajstić information content (AvgIpc) is 2.56. The van der Waals surface area contributed by atoms with Gasteiger partial charge in [-0.15, -0.1) is 0 Å². The van der Waals surface area contributed by atoms with Crippen LogP contribution in [0.4, 0.5) is 0 Å². The summed E-state index contributed by atoms with van der Waals surface area (Å²) in [6, 6.07) is 6.72. The van der Waals surface area contributed by atoms with Crippen molar-refractivity contribution < 1.29 is 14.6 Å². The van der Waals surface area contributed by atoms with Crippen LogP contribution in [-0.4, -0.2) is 22.4 Å². The molecule has 0 atom stereocenters. The zero-order chi connectivity index (χ0) is 17.9. The van der Waals surface area contributed by atoms with Crippen LogP contribution >= 0.6 is 0 Å². The fraction of sp³-hybridized carbons (Fsp3) is 0.250. The molecule has 3 aromatic rings. The third kappa shape index (κ3) is 2.12. The average molecular weight is 337 g/mol. The van der Waals surface area contributed by atoms with Crippen molar-refractivity contribution >= 4 is 27.9 Å². The lowest BCUT2D eigenvalue weighted by Crippen LogP contribution is -2.28. The molecule has 0 unspecified atom stereocenters. The van der Waals surface area contributed by atoms with Crippen molar-refractivity contribution in [1.82, 2.24) is 4.57 Å². The molecule has 0 saturated carbocycles. The zero-order valence-electron chi connectivity index (χ0n) is 14.6.